The van der Waals surface area contributed by atoms with Gasteiger partial charge in [-0.05, 0) is 54.8 Å². The van der Waals surface area contributed by atoms with E-state index >= 15 is 0 Å². The first-order valence-corrected chi connectivity index (χ1v) is 11.0. The first-order chi connectivity index (χ1) is 14.3. The van der Waals surface area contributed by atoms with E-state index in [1.807, 2.05) is 0 Å². The minimum Gasteiger partial charge on any atom is -0.465 e. The van der Waals surface area contributed by atoms with Crippen LogP contribution >= 0.6 is 0 Å². The summed E-state index contributed by atoms with van der Waals surface area (Å²) in [6, 6.07) is 12.0. The van der Waals surface area contributed by atoms with Gasteiger partial charge in [-0.15, -0.1) is 0 Å². The van der Waals surface area contributed by atoms with Crippen LogP contribution in [0.1, 0.15) is 28.8 Å². The number of nitrogens with zero attached hydrogens (tertiary/aromatic N) is 1. The number of anilines is 1. The van der Waals surface area contributed by atoms with Crippen LogP contribution in [0.2, 0.25) is 0 Å². The standard InChI is InChI=1S/C21H24N2O6S/c1-29-21(26)16-4-8-19(9-5-16)30(27,28)22-17-6-2-15(3-7-17)14-20(25)23-12-10-18(24)11-13-23/h2-9,18,22,24H,10-14H2,1H3. The third-order valence-corrected chi connectivity index (χ3v) is 6.36. The molecule has 0 bridgehead atoms. The van der Waals surface area contributed by atoms with Gasteiger partial charge < -0.3 is 14.7 Å². The van der Waals surface area contributed by atoms with Crippen LogP contribution in [-0.4, -0.2) is 56.6 Å². The molecule has 0 unspecified atom stereocenters. The number of sulfonamides is 1. The number of rotatable bonds is 6. The summed E-state index contributed by atoms with van der Waals surface area (Å²) < 4.78 is 32.2. The Bertz CT molecular complexity index is 995. The summed E-state index contributed by atoms with van der Waals surface area (Å²) in [5, 5.41) is 9.54. The van der Waals surface area contributed by atoms with Crippen LogP contribution in [-0.2, 0) is 26.0 Å². The molecule has 1 aliphatic heterocycles. The monoisotopic (exact) mass is 432 g/mol. The third kappa shape index (κ3) is 5.37. The Kier molecular flexibility index (Phi) is 6.73. The van der Waals surface area contributed by atoms with Gasteiger partial charge in [0.15, 0.2) is 0 Å². The summed E-state index contributed by atoms with van der Waals surface area (Å²) >= 11 is 0. The number of benzene rings is 2. The van der Waals surface area contributed by atoms with Gasteiger partial charge >= 0.3 is 5.97 Å². The molecule has 0 spiro atoms. The average molecular weight is 432 g/mol. The minimum absolute atomic E-state index is 0.0130. The number of likely N-dealkylation sites (tertiary alicyclic amines) is 1. The molecule has 8 nitrogen and oxygen atoms in total. The lowest BCUT2D eigenvalue weighted by molar-refractivity contribution is -0.132. The van der Waals surface area contributed by atoms with Crippen LogP contribution in [0, 0.1) is 0 Å². The van der Waals surface area contributed by atoms with Crippen LogP contribution in [0.25, 0.3) is 0 Å². The molecule has 1 fully saturated rings. The normalized spacial score (nSPS) is 14.9. The number of esters is 1. The Morgan fingerprint density at radius 1 is 1.07 bits per heavy atom. The number of methoxy groups -OCH3 is 1. The van der Waals surface area contributed by atoms with E-state index in [9.17, 15) is 23.1 Å². The molecule has 30 heavy (non-hydrogen) atoms. The molecule has 9 heteroatoms. The molecule has 2 aromatic carbocycles. The van der Waals surface area contributed by atoms with Gasteiger partial charge in [-0.2, -0.15) is 0 Å². The fourth-order valence-electron chi connectivity index (χ4n) is 3.19. The van der Waals surface area contributed by atoms with E-state index in [-0.39, 0.29) is 28.9 Å². The molecule has 0 radical (unpaired) electrons. The van der Waals surface area contributed by atoms with Crippen molar-refractivity contribution >= 4 is 27.6 Å². The number of amides is 1. The lowest BCUT2D eigenvalue weighted by Gasteiger charge is -2.29. The van der Waals surface area contributed by atoms with Crippen molar-refractivity contribution in [1.82, 2.24) is 4.90 Å². The van der Waals surface area contributed by atoms with E-state index in [4.69, 9.17) is 0 Å². The van der Waals surface area contributed by atoms with Crippen molar-refractivity contribution in [2.24, 2.45) is 0 Å². The zero-order valence-electron chi connectivity index (χ0n) is 16.6. The number of carbonyl (C=O) groups excluding carboxylic acids is 2. The second-order valence-electron chi connectivity index (χ2n) is 7.11. The number of hydrogen-bond donors (Lipinski definition) is 2. The van der Waals surface area contributed by atoms with Crippen molar-refractivity contribution in [1.29, 1.82) is 0 Å². The van der Waals surface area contributed by atoms with Gasteiger partial charge in [-0.3, -0.25) is 9.52 Å². The molecule has 2 aromatic rings. The smallest absolute Gasteiger partial charge is 0.337 e. The zero-order chi connectivity index (χ0) is 21.7. The molecule has 1 aliphatic rings. The second kappa shape index (κ2) is 9.27. The maximum absolute atomic E-state index is 12.5. The van der Waals surface area contributed by atoms with Gasteiger partial charge in [0.05, 0.1) is 30.1 Å². The summed E-state index contributed by atoms with van der Waals surface area (Å²) in [4.78, 5) is 25.6. The predicted octanol–water partition coefficient (Wildman–Crippen LogP) is 1.80. The third-order valence-electron chi connectivity index (χ3n) is 4.96. The maximum atomic E-state index is 12.5. The number of ether oxygens (including phenoxy) is 1. The predicted molar refractivity (Wildman–Crippen MR) is 111 cm³/mol. The number of hydrogen-bond acceptors (Lipinski definition) is 6. The molecule has 2 N–H and O–H groups in total. The highest BCUT2D eigenvalue weighted by Crippen LogP contribution is 2.19. The van der Waals surface area contributed by atoms with E-state index < -0.39 is 16.0 Å². The van der Waals surface area contributed by atoms with E-state index in [0.29, 0.717) is 31.6 Å². The minimum atomic E-state index is -3.82. The summed E-state index contributed by atoms with van der Waals surface area (Å²) in [5.74, 6) is -0.557. The van der Waals surface area contributed by atoms with E-state index in [1.165, 1.54) is 31.4 Å². The van der Waals surface area contributed by atoms with Gasteiger partial charge in [0.2, 0.25) is 5.91 Å². The molecule has 160 valence electrons. The molecule has 0 atom stereocenters. The second-order valence-corrected chi connectivity index (χ2v) is 8.79. The fraction of sp³-hybridized carbons (Fsp3) is 0.333. The average Bonchev–Trinajstić information content (AvgIpc) is 2.75. The van der Waals surface area contributed by atoms with E-state index in [2.05, 4.69) is 9.46 Å². The summed E-state index contributed by atoms with van der Waals surface area (Å²) in [5.41, 5.74) is 1.40. The Morgan fingerprint density at radius 3 is 2.23 bits per heavy atom. The van der Waals surface area contributed by atoms with Crippen LogP contribution in [0.15, 0.2) is 53.4 Å². The molecular formula is C21H24N2O6S. The van der Waals surface area contributed by atoms with Crippen molar-refractivity contribution < 1.29 is 27.9 Å². The SMILES string of the molecule is COC(=O)c1ccc(S(=O)(=O)Nc2ccc(CC(=O)N3CCC(O)CC3)cc2)cc1. The largest absolute Gasteiger partial charge is 0.465 e. The number of aliphatic hydroxyl groups is 1. The molecule has 0 saturated carbocycles. The quantitative estimate of drug-likeness (QED) is 0.673. The molecule has 1 heterocycles. The first-order valence-electron chi connectivity index (χ1n) is 9.54. The zero-order valence-corrected chi connectivity index (χ0v) is 17.4. The van der Waals surface area contributed by atoms with E-state index in [1.54, 1.807) is 29.2 Å². The highest BCUT2D eigenvalue weighted by molar-refractivity contribution is 7.92. The highest BCUT2D eigenvalue weighted by atomic mass is 32.2. The van der Waals surface area contributed by atoms with Crippen molar-refractivity contribution in [3.05, 3.63) is 59.7 Å². The van der Waals surface area contributed by atoms with Crippen molar-refractivity contribution in [3.8, 4) is 0 Å². The molecule has 1 saturated heterocycles. The molecule has 1 amide bonds. The fourth-order valence-corrected chi connectivity index (χ4v) is 4.25. The van der Waals surface area contributed by atoms with Crippen molar-refractivity contribution in [3.63, 3.8) is 0 Å². The van der Waals surface area contributed by atoms with Crippen LogP contribution in [0.4, 0.5) is 5.69 Å². The van der Waals surface area contributed by atoms with Crippen LogP contribution in [0.3, 0.4) is 0 Å². The Labute approximate surface area is 175 Å². The highest BCUT2D eigenvalue weighted by Gasteiger charge is 2.21. The van der Waals surface area contributed by atoms with Gasteiger partial charge in [0.1, 0.15) is 0 Å². The first kappa shape index (κ1) is 21.8. The summed E-state index contributed by atoms with van der Waals surface area (Å²) in [6.07, 6.45) is 1.07. The lowest BCUT2D eigenvalue weighted by atomic mass is 10.1. The van der Waals surface area contributed by atoms with Crippen LogP contribution < -0.4 is 4.72 Å². The Morgan fingerprint density at radius 2 is 1.67 bits per heavy atom. The number of nitrogens with one attached hydrogen (secondary N) is 1. The van der Waals surface area contributed by atoms with Gasteiger partial charge in [-0.1, -0.05) is 12.1 Å². The lowest BCUT2D eigenvalue weighted by Crippen LogP contribution is -2.40. The number of aliphatic hydroxyl groups excluding tert-OH is 1. The Hall–Kier alpha value is -2.91. The number of carbonyl (C=O) groups is 2. The molecule has 0 aromatic heterocycles. The summed E-state index contributed by atoms with van der Waals surface area (Å²) in [7, 11) is -2.57. The Balaban J connectivity index is 1.62. The van der Waals surface area contributed by atoms with Crippen molar-refractivity contribution in [2.45, 2.75) is 30.3 Å². The van der Waals surface area contributed by atoms with Crippen molar-refractivity contribution in [2.75, 3.05) is 24.9 Å². The maximum Gasteiger partial charge on any atom is 0.337 e. The molecular weight excluding hydrogens is 408 g/mol. The van der Waals surface area contributed by atoms with Crippen LogP contribution in [0.5, 0.6) is 0 Å². The molecule has 0 aliphatic carbocycles. The summed E-state index contributed by atoms with van der Waals surface area (Å²) in [6.45, 7) is 1.10. The van der Waals surface area contributed by atoms with Gasteiger partial charge in [0.25, 0.3) is 10.0 Å². The van der Waals surface area contributed by atoms with Gasteiger partial charge in [0, 0.05) is 18.8 Å². The topological polar surface area (TPSA) is 113 Å². The number of piperidine rings is 1. The van der Waals surface area contributed by atoms with E-state index in [0.717, 1.165) is 5.56 Å². The van der Waals surface area contributed by atoms with Gasteiger partial charge in [-0.25, -0.2) is 13.2 Å². The molecule has 3 rings (SSSR count).